The molecule has 0 radical (unpaired) electrons. The Morgan fingerprint density at radius 3 is 2.11 bits per heavy atom. The van der Waals surface area contributed by atoms with Crippen molar-refractivity contribution < 1.29 is 4.79 Å². The van der Waals surface area contributed by atoms with Crippen molar-refractivity contribution in [3.63, 3.8) is 0 Å². The number of Topliss-reactive ketones (excluding diaryl/α,β-unsaturated/α-hetero) is 1. The lowest BCUT2D eigenvalue weighted by Gasteiger charge is -2.16. The molecule has 1 aromatic heterocycles. The number of ketones is 1. The first-order valence-electron chi connectivity index (χ1n) is 7.27. The average molecular weight is 250 g/mol. The predicted molar refractivity (Wildman–Crippen MR) is 75.2 cm³/mol. The van der Waals surface area contributed by atoms with Crippen molar-refractivity contribution in [2.24, 2.45) is 0 Å². The van der Waals surface area contributed by atoms with E-state index in [1.54, 1.807) is 0 Å². The SMILES string of the molecule is CCC(=O)c1c(CC)nn(C(CC)CC)c1CC. The van der Waals surface area contributed by atoms with E-state index in [4.69, 9.17) is 5.10 Å². The molecule has 1 heterocycles. The molecule has 0 saturated carbocycles. The summed E-state index contributed by atoms with van der Waals surface area (Å²) in [5.74, 6) is 0.237. The Kier molecular flexibility index (Phi) is 5.57. The maximum Gasteiger partial charge on any atom is 0.166 e. The largest absolute Gasteiger partial charge is 0.294 e. The molecule has 3 heteroatoms. The van der Waals surface area contributed by atoms with Crippen LogP contribution in [0.25, 0.3) is 0 Å². The number of nitrogens with zero attached hydrogens (tertiary/aromatic N) is 2. The van der Waals surface area contributed by atoms with E-state index in [9.17, 15) is 4.79 Å². The third kappa shape index (κ3) is 2.65. The third-order valence-electron chi connectivity index (χ3n) is 3.64. The molecule has 0 N–H and O–H groups in total. The first-order chi connectivity index (χ1) is 8.64. The standard InChI is InChI=1S/C15H26N2O/c1-6-11(7-2)17-13(9-4)15(14(18)10-5)12(8-3)16-17/h11H,6-10H2,1-5H3. The van der Waals surface area contributed by atoms with Crippen LogP contribution in [0.4, 0.5) is 0 Å². The van der Waals surface area contributed by atoms with E-state index in [1.165, 1.54) is 0 Å². The van der Waals surface area contributed by atoms with Gasteiger partial charge < -0.3 is 0 Å². The van der Waals surface area contributed by atoms with Crippen LogP contribution in [0, 0.1) is 0 Å². The molecule has 0 bridgehead atoms. The third-order valence-corrected chi connectivity index (χ3v) is 3.64. The summed E-state index contributed by atoms with van der Waals surface area (Å²) in [6, 6.07) is 0.420. The Labute approximate surface area is 111 Å². The lowest BCUT2D eigenvalue weighted by Crippen LogP contribution is -2.13. The second-order valence-corrected chi connectivity index (χ2v) is 4.67. The first kappa shape index (κ1) is 14.9. The van der Waals surface area contributed by atoms with Crippen LogP contribution < -0.4 is 0 Å². The zero-order valence-corrected chi connectivity index (χ0v) is 12.4. The van der Waals surface area contributed by atoms with Crippen LogP contribution in [0.3, 0.4) is 0 Å². The van der Waals surface area contributed by atoms with Crippen molar-refractivity contribution in [3.05, 3.63) is 17.0 Å². The van der Waals surface area contributed by atoms with Gasteiger partial charge in [-0.3, -0.25) is 9.48 Å². The van der Waals surface area contributed by atoms with Crippen LogP contribution in [0.1, 0.15) is 81.7 Å². The molecule has 0 unspecified atom stereocenters. The highest BCUT2D eigenvalue weighted by Crippen LogP contribution is 2.24. The van der Waals surface area contributed by atoms with Gasteiger partial charge in [0.15, 0.2) is 5.78 Å². The van der Waals surface area contributed by atoms with Crippen LogP contribution in [0.15, 0.2) is 0 Å². The Bertz CT molecular complexity index is 403. The number of hydrogen-bond acceptors (Lipinski definition) is 2. The Morgan fingerprint density at radius 1 is 1.11 bits per heavy atom. The van der Waals surface area contributed by atoms with Gasteiger partial charge in [0.1, 0.15) is 0 Å². The molecule has 0 aromatic carbocycles. The highest BCUT2D eigenvalue weighted by Gasteiger charge is 2.23. The maximum atomic E-state index is 12.1. The highest BCUT2D eigenvalue weighted by molar-refractivity contribution is 5.98. The molecule has 0 amide bonds. The smallest absolute Gasteiger partial charge is 0.166 e. The number of carbonyl (C=O) groups excluding carboxylic acids is 1. The minimum absolute atomic E-state index is 0.237. The van der Waals surface area contributed by atoms with Crippen LogP contribution >= 0.6 is 0 Å². The van der Waals surface area contributed by atoms with Gasteiger partial charge in [-0.2, -0.15) is 5.10 Å². The lowest BCUT2D eigenvalue weighted by molar-refractivity contribution is 0.0986. The van der Waals surface area contributed by atoms with Crippen LogP contribution in [-0.4, -0.2) is 15.6 Å². The summed E-state index contributed by atoms with van der Waals surface area (Å²) in [6.45, 7) is 10.5. The maximum absolute atomic E-state index is 12.1. The van der Waals surface area contributed by atoms with E-state index < -0.39 is 0 Å². The summed E-state index contributed by atoms with van der Waals surface area (Å²) in [5.41, 5.74) is 3.01. The fourth-order valence-corrected chi connectivity index (χ4v) is 2.54. The van der Waals surface area contributed by atoms with Crippen molar-refractivity contribution in [1.82, 2.24) is 9.78 Å². The second kappa shape index (κ2) is 6.72. The summed E-state index contributed by atoms with van der Waals surface area (Å²) in [4.78, 5) is 12.1. The molecule has 0 aliphatic rings. The van der Waals surface area contributed by atoms with Gasteiger partial charge in [0.2, 0.25) is 0 Å². The molecule has 0 fully saturated rings. The molecule has 0 atom stereocenters. The average Bonchev–Trinajstić information content (AvgIpc) is 2.77. The molecule has 1 aromatic rings. The highest BCUT2D eigenvalue weighted by atomic mass is 16.1. The van der Waals surface area contributed by atoms with Gasteiger partial charge in [-0.25, -0.2) is 0 Å². The zero-order chi connectivity index (χ0) is 13.7. The van der Waals surface area contributed by atoms with E-state index in [-0.39, 0.29) is 5.78 Å². The molecule has 0 aliphatic carbocycles. The van der Waals surface area contributed by atoms with Crippen molar-refractivity contribution >= 4 is 5.78 Å². The van der Waals surface area contributed by atoms with E-state index in [1.807, 2.05) is 6.92 Å². The second-order valence-electron chi connectivity index (χ2n) is 4.67. The lowest BCUT2D eigenvalue weighted by atomic mass is 10.0. The summed E-state index contributed by atoms with van der Waals surface area (Å²) in [6.07, 6.45) is 4.41. The topological polar surface area (TPSA) is 34.9 Å². The fraction of sp³-hybridized carbons (Fsp3) is 0.733. The summed E-state index contributed by atoms with van der Waals surface area (Å²) in [5, 5.41) is 4.71. The number of aromatic nitrogens is 2. The van der Waals surface area contributed by atoms with E-state index in [2.05, 4.69) is 32.4 Å². The normalized spacial score (nSPS) is 11.2. The summed E-state index contributed by atoms with van der Waals surface area (Å²) >= 11 is 0. The van der Waals surface area contributed by atoms with Gasteiger partial charge in [0.25, 0.3) is 0 Å². The predicted octanol–water partition coefficient (Wildman–Crippen LogP) is 3.96. The van der Waals surface area contributed by atoms with Crippen LogP contribution in [0.2, 0.25) is 0 Å². The number of aryl methyl sites for hydroxylation is 1. The molecule has 18 heavy (non-hydrogen) atoms. The minimum atomic E-state index is 0.237. The summed E-state index contributed by atoms with van der Waals surface area (Å²) < 4.78 is 2.11. The molecule has 1 rings (SSSR count). The number of hydrogen-bond donors (Lipinski definition) is 0. The van der Waals surface area contributed by atoms with Gasteiger partial charge >= 0.3 is 0 Å². The first-order valence-corrected chi connectivity index (χ1v) is 7.27. The molecular weight excluding hydrogens is 224 g/mol. The van der Waals surface area contributed by atoms with Crippen molar-refractivity contribution in [3.8, 4) is 0 Å². The summed E-state index contributed by atoms with van der Waals surface area (Å²) in [7, 11) is 0. The molecule has 0 aliphatic heterocycles. The van der Waals surface area contributed by atoms with Gasteiger partial charge in [0, 0.05) is 12.1 Å². The number of rotatable bonds is 7. The zero-order valence-electron chi connectivity index (χ0n) is 12.4. The Balaban J connectivity index is 3.36. The fourth-order valence-electron chi connectivity index (χ4n) is 2.54. The quantitative estimate of drug-likeness (QED) is 0.686. The van der Waals surface area contributed by atoms with E-state index in [0.29, 0.717) is 12.5 Å². The molecule has 0 spiro atoms. The van der Waals surface area contributed by atoms with Crippen LogP contribution in [-0.2, 0) is 12.8 Å². The van der Waals surface area contributed by atoms with Gasteiger partial charge in [-0.05, 0) is 25.7 Å². The van der Waals surface area contributed by atoms with Crippen molar-refractivity contribution in [2.45, 2.75) is 72.8 Å². The Hall–Kier alpha value is -1.12. The molecule has 0 saturated heterocycles. The molecule has 3 nitrogen and oxygen atoms in total. The van der Waals surface area contributed by atoms with Gasteiger partial charge in [-0.1, -0.05) is 34.6 Å². The molecular formula is C15H26N2O. The van der Waals surface area contributed by atoms with Crippen molar-refractivity contribution in [2.75, 3.05) is 0 Å². The van der Waals surface area contributed by atoms with Crippen molar-refractivity contribution in [1.29, 1.82) is 0 Å². The van der Waals surface area contributed by atoms with E-state index >= 15 is 0 Å². The monoisotopic (exact) mass is 250 g/mol. The van der Waals surface area contributed by atoms with Gasteiger partial charge in [-0.15, -0.1) is 0 Å². The van der Waals surface area contributed by atoms with E-state index in [0.717, 1.165) is 42.6 Å². The molecule has 102 valence electrons. The number of carbonyl (C=O) groups is 1. The minimum Gasteiger partial charge on any atom is -0.294 e. The van der Waals surface area contributed by atoms with Crippen LogP contribution in [0.5, 0.6) is 0 Å². The Morgan fingerprint density at radius 2 is 1.72 bits per heavy atom. The van der Waals surface area contributed by atoms with Gasteiger partial charge in [0.05, 0.1) is 17.3 Å².